The van der Waals surface area contributed by atoms with Crippen molar-refractivity contribution in [2.24, 2.45) is 11.8 Å². The van der Waals surface area contributed by atoms with Crippen LogP contribution in [0.25, 0.3) is 0 Å². The van der Waals surface area contributed by atoms with Crippen molar-refractivity contribution in [2.45, 2.75) is 194 Å². The number of rotatable bonds is 24. The van der Waals surface area contributed by atoms with Crippen LogP contribution in [-0.4, -0.2) is 135 Å². The van der Waals surface area contributed by atoms with Crippen LogP contribution in [0.4, 0.5) is 0 Å². The molecule has 336 valence electrons. The molecule has 2 aliphatic heterocycles. The predicted molar refractivity (Wildman–Crippen MR) is 221 cm³/mol. The first kappa shape index (κ1) is 51.0. The number of hydrogen-bond donors (Lipinski definition) is 7. The highest BCUT2D eigenvalue weighted by molar-refractivity contribution is 5.98. The fourth-order valence-corrected chi connectivity index (χ4v) is 7.72. The SMILES string of the molecule is CCCCCC(NC(=O)CCC)C(=O)NC(C(=O)NC(CC(C)C)C(=O)NC(CC(C)C)C(=O)N1CCCC1C(=O)NC(C(=O)N1CCCC1C(C)=O)C(C)O)C(C)O. The fourth-order valence-electron chi connectivity index (χ4n) is 7.72. The minimum Gasteiger partial charge on any atom is -0.391 e. The van der Waals surface area contributed by atoms with Gasteiger partial charge in [0.05, 0.1) is 18.2 Å². The summed E-state index contributed by atoms with van der Waals surface area (Å²) in [6.07, 6.45) is 3.08. The average molecular weight is 836 g/mol. The van der Waals surface area contributed by atoms with Crippen molar-refractivity contribution in [2.75, 3.05) is 13.1 Å². The Morgan fingerprint density at radius 1 is 0.593 bits per heavy atom. The summed E-state index contributed by atoms with van der Waals surface area (Å²) in [4.78, 5) is 110. The van der Waals surface area contributed by atoms with E-state index in [0.29, 0.717) is 45.1 Å². The zero-order valence-corrected chi connectivity index (χ0v) is 36.8. The number of carbonyl (C=O) groups is 8. The van der Waals surface area contributed by atoms with Crippen molar-refractivity contribution in [3.63, 3.8) is 0 Å². The van der Waals surface area contributed by atoms with Crippen LogP contribution in [0.5, 0.6) is 0 Å². The molecule has 2 heterocycles. The number of ketones is 1. The molecule has 7 N–H and O–H groups in total. The predicted octanol–water partition coefficient (Wildman–Crippen LogP) is 1.22. The molecule has 0 radical (unpaired) electrons. The molecule has 0 bridgehead atoms. The van der Waals surface area contributed by atoms with Crippen LogP contribution in [0, 0.1) is 11.8 Å². The Kier molecular flexibility index (Phi) is 21.5. The molecule has 2 aliphatic rings. The van der Waals surface area contributed by atoms with Gasteiger partial charge in [0, 0.05) is 19.5 Å². The lowest BCUT2D eigenvalue weighted by molar-refractivity contribution is -0.146. The number of nitrogens with one attached hydrogen (secondary N) is 5. The molecule has 17 nitrogen and oxygen atoms in total. The summed E-state index contributed by atoms with van der Waals surface area (Å²) in [7, 11) is 0. The van der Waals surface area contributed by atoms with Crippen molar-refractivity contribution in [1.82, 2.24) is 36.4 Å². The van der Waals surface area contributed by atoms with Gasteiger partial charge in [-0.2, -0.15) is 0 Å². The molecule has 9 unspecified atom stereocenters. The van der Waals surface area contributed by atoms with Crippen LogP contribution >= 0.6 is 0 Å². The van der Waals surface area contributed by atoms with E-state index in [9.17, 15) is 48.6 Å². The van der Waals surface area contributed by atoms with E-state index < -0.39 is 89.9 Å². The average Bonchev–Trinajstić information content (AvgIpc) is 3.85. The molecular formula is C42H73N7O10. The van der Waals surface area contributed by atoms with Gasteiger partial charge in [0.2, 0.25) is 41.4 Å². The standard InChI is InChI=1S/C42H73N7O10/c1-10-12-13-17-29(43-34(53)16-11-2)37(54)46-35(27(8)51)40(57)44-30(22-24(3)4)38(55)45-31(23-25(5)6)41(58)49-21-15-19-33(49)39(56)47-36(28(9)52)42(59)48-20-14-18-32(48)26(7)50/h24-25,27-33,35-36,51-52H,10-23H2,1-9H3,(H,43,53)(H,44,57)(H,45,55)(H,46,54)(H,47,56). The third-order valence-corrected chi connectivity index (χ3v) is 10.8. The van der Waals surface area contributed by atoms with Gasteiger partial charge in [-0.25, -0.2) is 0 Å². The highest BCUT2D eigenvalue weighted by Crippen LogP contribution is 2.23. The molecule has 9 atom stereocenters. The molecule has 2 rings (SSSR count). The van der Waals surface area contributed by atoms with Gasteiger partial charge in [0.1, 0.15) is 36.3 Å². The van der Waals surface area contributed by atoms with E-state index in [2.05, 4.69) is 26.6 Å². The van der Waals surface area contributed by atoms with E-state index in [1.165, 1.54) is 30.6 Å². The van der Waals surface area contributed by atoms with Crippen LogP contribution in [0.2, 0.25) is 0 Å². The van der Waals surface area contributed by atoms with E-state index in [4.69, 9.17) is 0 Å². The summed E-state index contributed by atoms with van der Waals surface area (Å²) in [5.41, 5.74) is 0. The van der Waals surface area contributed by atoms with Crippen LogP contribution in [0.3, 0.4) is 0 Å². The number of hydrogen-bond acceptors (Lipinski definition) is 10. The number of Topliss-reactive ketones (excluding diaryl/α,β-unsaturated/α-hetero) is 1. The second kappa shape index (κ2) is 24.8. The van der Waals surface area contributed by atoms with Gasteiger partial charge >= 0.3 is 0 Å². The van der Waals surface area contributed by atoms with E-state index in [1.807, 2.05) is 41.5 Å². The van der Waals surface area contributed by atoms with Gasteiger partial charge in [-0.05, 0) is 84.0 Å². The highest BCUT2D eigenvalue weighted by atomic mass is 16.3. The number of carbonyl (C=O) groups excluding carboxylic acids is 8. The number of aliphatic hydroxyl groups is 2. The lowest BCUT2D eigenvalue weighted by Gasteiger charge is -2.33. The van der Waals surface area contributed by atoms with Gasteiger partial charge in [0.15, 0.2) is 5.78 Å². The summed E-state index contributed by atoms with van der Waals surface area (Å²) < 4.78 is 0. The summed E-state index contributed by atoms with van der Waals surface area (Å²) in [6.45, 7) is 15.9. The monoisotopic (exact) mass is 836 g/mol. The minimum atomic E-state index is -1.46. The highest BCUT2D eigenvalue weighted by Gasteiger charge is 2.43. The van der Waals surface area contributed by atoms with Crippen molar-refractivity contribution in [3.8, 4) is 0 Å². The molecule has 0 aromatic heterocycles. The molecule has 59 heavy (non-hydrogen) atoms. The van der Waals surface area contributed by atoms with Gasteiger partial charge in [-0.3, -0.25) is 38.4 Å². The molecule has 17 heteroatoms. The van der Waals surface area contributed by atoms with Crippen LogP contribution in [0.1, 0.15) is 139 Å². The van der Waals surface area contributed by atoms with E-state index in [0.717, 1.165) is 12.8 Å². The lowest BCUT2D eigenvalue weighted by Crippen LogP contribution is -2.61. The second-order valence-electron chi connectivity index (χ2n) is 17.2. The molecule has 0 aromatic carbocycles. The quantitative estimate of drug-likeness (QED) is 0.0686. The topological polar surface area (TPSA) is 244 Å². The molecular weight excluding hydrogens is 763 g/mol. The number of nitrogens with zero attached hydrogens (tertiary/aromatic N) is 2. The summed E-state index contributed by atoms with van der Waals surface area (Å²) >= 11 is 0. The maximum atomic E-state index is 14.2. The van der Waals surface area contributed by atoms with Gasteiger partial charge < -0.3 is 46.6 Å². The van der Waals surface area contributed by atoms with Crippen molar-refractivity contribution in [1.29, 1.82) is 0 Å². The largest absolute Gasteiger partial charge is 0.391 e. The van der Waals surface area contributed by atoms with Crippen molar-refractivity contribution >= 4 is 47.1 Å². The molecule has 0 saturated carbocycles. The Hall–Kier alpha value is -4.12. The lowest BCUT2D eigenvalue weighted by atomic mass is 9.99. The normalized spacial score (nSPS) is 20.2. The van der Waals surface area contributed by atoms with Gasteiger partial charge in [-0.1, -0.05) is 60.8 Å². The number of aliphatic hydroxyl groups excluding tert-OH is 2. The molecule has 7 amide bonds. The first-order valence-electron chi connectivity index (χ1n) is 21.7. The number of unbranched alkanes of at least 4 members (excludes halogenated alkanes) is 2. The molecule has 2 fully saturated rings. The van der Waals surface area contributed by atoms with E-state index >= 15 is 0 Å². The third kappa shape index (κ3) is 15.8. The molecule has 0 spiro atoms. The minimum absolute atomic E-state index is 0.0814. The third-order valence-electron chi connectivity index (χ3n) is 10.8. The molecule has 2 saturated heterocycles. The zero-order chi connectivity index (χ0) is 44.6. The Morgan fingerprint density at radius 2 is 1.12 bits per heavy atom. The summed E-state index contributed by atoms with van der Waals surface area (Å²) in [5, 5.41) is 34.6. The summed E-state index contributed by atoms with van der Waals surface area (Å²) in [6, 6.07) is -7.63. The Labute approximate surface area is 350 Å². The molecule has 0 aromatic rings. The molecule has 0 aliphatic carbocycles. The van der Waals surface area contributed by atoms with Crippen molar-refractivity contribution in [3.05, 3.63) is 0 Å². The van der Waals surface area contributed by atoms with E-state index in [1.54, 1.807) is 0 Å². The maximum absolute atomic E-state index is 14.2. The van der Waals surface area contributed by atoms with Crippen LogP contribution in [0.15, 0.2) is 0 Å². The van der Waals surface area contributed by atoms with Crippen molar-refractivity contribution < 1.29 is 48.6 Å². The first-order valence-corrected chi connectivity index (χ1v) is 21.7. The zero-order valence-electron chi connectivity index (χ0n) is 36.8. The van der Waals surface area contributed by atoms with Crippen LogP contribution in [-0.2, 0) is 38.4 Å². The fraction of sp³-hybridized carbons (Fsp3) is 0.810. The summed E-state index contributed by atoms with van der Waals surface area (Å²) in [5.74, 6) is -4.55. The van der Waals surface area contributed by atoms with Gasteiger partial charge in [-0.15, -0.1) is 0 Å². The maximum Gasteiger partial charge on any atom is 0.248 e. The number of likely N-dealkylation sites (tertiary alicyclic amines) is 2. The first-order chi connectivity index (χ1) is 27.7. The Balaban J connectivity index is 2.27. The number of amides is 7. The second-order valence-corrected chi connectivity index (χ2v) is 17.2. The van der Waals surface area contributed by atoms with Gasteiger partial charge in [0.25, 0.3) is 0 Å². The van der Waals surface area contributed by atoms with Crippen LogP contribution < -0.4 is 26.6 Å². The smallest absolute Gasteiger partial charge is 0.248 e. The Bertz CT molecular complexity index is 1450. The van der Waals surface area contributed by atoms with E-state index in [-0.39, 0.29) is 55.8 Å². The Morgan fingerprint density at radius 3 is 1.64 bits per heavy atom.